The van der Waals surface area contributed by atoms with Crippen molar-refractivity contribution in [1.29, 1.82) is 0 Å². The van der Waals surface area contributed by atoms with Gasteiger partial charge in [0.05, 0.1) is 0 Å². The highest BCUT2D eigenvalue weighted by atomic mass is 16.2. The highest BCUT2D eigenvalue weighted by Crippen LogP contribution is 2.12. The third-order valence-corrected chi connectivity index (χ3v) is 2.16. The second-order valence-corrected chi connectivity index (χ2v) is 3.24. The number of rotatable bonds is 3. The average Bonchev–Trinajstić information content (AvgIpc) is 2.27. The summed E-state index contributed by atoms with van der Waals surface area (Å²) < 4.78 is 0. The van der Waals surface area contributed by atoms with Gasteiger partial charge in [-0.2, -0.15) is 0 Å². The Morgan fingerprint density at radius 3 is 2.64 bits per heavy atom. The first kappa shape index (κ1) is 10.7. The smallest absolute Gasteiger partial charge is 0.230 e. The molecule has 0 bridgehead atoms. The lowest BCUT2D eigenvalue weighted by molar-refractivity contribution is -0.121. The summed E-state index contributed by atoms with van der Waals surface area (Å²) >= 11 is 0. The van der Waals surface area contributed by atoms with Gasteiger partial charge in [-0.05, 0) is 12.1 Å². The van der Waals surface area contributed by atoms with Gasteiger partial charge in [0, 0.05) is 37.6 Å². The van der Waals surface area contributed by atoms with Crippen molar-refractivity contribution in [2.75, 3.05) is 18.5 Å². The van der Waals surface area contributed by atoms with Gasteiger partial charge in [0.25, 0.3) is 0 Å². The van der Waals surface area contributed by atoms with E-state index in [1.165, 1.54) is 0 Å². The topological polar surface area (TPSA) is 59.2 Å². The van der Waals surface area contributed by atoms with Crippen LogP contribution in [0.3, 0.4) is 0 Å². The van der Waals surface area contributed by atoms with Crippen molar-refractivity contribution in [1.82, 2.24) is 4.98 Å². The molecule has 0 aliphatic rings. The molecular weight excluding hydrogens is 178 g/mol. The van der Waals surface area contributed by atoms with Crippen LogP contribution in [-0.2, 0) is 4.79 Å². The fourth-order valence-corrected chi connectivity index (χ4v) is 1.13. The van der Waals surface area contributed by atoms with Gasteiger partial charge in [0.1, 0.15) is 0 Å². The monoisotopic (exact) mass is 193 g/mol. The fraction of sp³-hybridized carbons (Fsp3) is 0.400. The molecular formula is C10H15N3O. The Bertz CT molecular complexity index is 299. The molecule has 1 rings (SSSR count). The Morgan fingerprint density at radius 1 is 1.57 bits per heavy atom. The minimum Gasteiger partial charge on any atom is -0.330 e. The molecule has 0 saturated carbocycles. The zero-order valence-corrected chi connectivity index (χ0v) is 8.47. The van der Waals surface area contributed by atoms with Crippen molar-refractivity contribution in [2.45, 2.75) is 6.92 Å². The lowest BCUT2D eigenvalue weighted by atomic mass is 10.1. The molecule has 2 N–H and O–H groups in total. The third-order valence-electron chi connectivity index (χ3n) is 2.16. The van der Waals surface area contributed by atoms with E-state index in [1.54, 1.807) is 36.5 Å². The molecule has 1 atom stereocenters. The normalized spacial score (nSPS) is 12.2. The molecule has 4 nitrogen and oxygen atoms in total. The molecule has 1 heterocycles. The standard InChI is InChI=1S/C10H15N3O/c1-8(7-11)10(14)13(2)9-3-5-12-6-4-9/h3-6,8H,7,11H2,1-2H3. The quantitative estimate of drug-likeness (QED) is 0.766. The van der Waals surface area contributed by atoms with E-state index < -0.39 is 0 Å². The van der Waals surface area contributed by atoms with E-state index in [0.29, 0.717) is 6.54 Å². The summed E-state index contributed by atoms with van der Waals surface area (Å²) in [5.74, 6) is -0.119. The number of carbonyl (C=O) groups excluding carboxylic acids is 1. The van der Waals surface area contributed by atoms with E-state index in [9.17, 15) is 4.79 Å². The first-order chi connectivity index (χ1) is 6.66. The van der Waals surface area contributed by atoms with E-state index in [-0.39, 0.29) is 11.8 Å². The van der Waals surface area contributed by atoms with Crippen LogP contribution in [0.2, 0.25) is 0 Å². The summed E-state index contributed by atoms with van der Waals surface area (Å²) in [6.45, 7) is 2.19. The minimum atomic E-state index is -0.145. The fourth-order valence-electron chi connectivity index (χ4n) is 1.13. The summed E-state index contributed by atoms with van der Waals surface area (Å²) in [5, 5.41) is 0. The molecule has 76 valence electrons. The summed E-state index contributed by atoms with van der Waals surface area (Å²) in [7, 11) is 1.74. The molecule has 1 aromatic rings. The first-order valence-electron chi connectivity index (χ1n) is 4.54. The van der Waals surface area contributed by atoms with Gasteiger partial charge in [0.15, 0.2) is 0 Å². The van der Waals surface area contributed by atoms with Crippen molar-refractivity contribution >= 4 is 11.6 Å². The molecule has 0 saturated heterocycles. The average molecular weight is 193 g/mol. The minimum absolute atomic E-state index is 0.0266. The molecule has 1 amide bonds. The highest BCUT2D eigenvalue weighted by molar-refractivity contribution is 5.94. The Morgan fingerprint density at radius 2 is 2.14 bits per heavy atom. The first-order valence-corrected chi connectivity index (χ1v) is 4.54. The molecule has 1 aromatic heterocycles. The zero-order chi connectivity index (χ0) is 10.6. The van der Waals surface area contributed by atoms with Crippen LogP contribution in [0.15, 0.2) is 24.5 Å². The van der Waals surface area contributed by atoms with Gasteiger partial charge in [-0.25, -0.2) is 0 Å². The summed E-state index contributed by atoms with van der Waals surface area (Å²) in [6.07, 6.45) is 3.32. The van der Waals surface area contributed by atoms with E-state index in [4.69, 9.17) is 5.73 Å². The number of amides is 1. The molecule has 0 aliphatic heterocycles. The lowest BCUT2D eigenvalue weighted by Gasteiger charge is -2.20. The number of nitrogens with two attached hydrogens (primary N) is 1. The van der Waals surface area contributed by atoms with Crippen LogP contribution >= 0.6 is 0 Å². The van der Waals surface area contributed by atoms with Crippen LogP contribution in [0.5, 0.6) is 0 Å². The summed E-state index contributed by atoms with van der Waals surface area (Å²) in [6, 6.07) is 3.59. The zero-order valence-electron chi connectivity index (χ0n) is 8.47. The van der Waals surface area contributed by atoms with Gasteiger partial charge in [0.2, 0.25) is 5.91 Å². The molecule has 0 aliphatic carbocycles. The van der Waals surface area contributed by atoms with Crippen molar-refractivity contribution < 1.29 is 4.79 Å². The van der Waals surface area contributed by atoms with Crippen LogP contribution in [-0.4, -0.2) is 24.5 Å². The van der Waals surface area contributed by atoms with E-state index >= 15 is 0 Å². The van der Waals surface area contributed by atoms with Crippen molar-refractivity contribution in [3.63, 3.8) is 0 Å². The van der Waals surface area contributed by atoms with Crippen LogP contribution in [0.25, 0.3) is 0 Å². The lowest BCUT2D eigenvalue weighted by Crippen LogP contribution is -2.35. The largest absolute Gasteiger partial charge is 0.330 e. The Kier molecular flexibility index (Phi) is 3.59. The predicted octanol–water partition coefficient (Wildman–Crippen LogP) is 0.639. The van der Waals surface area contributed by atoms with Crippen LogP contribution < -0.4 is 10.6 Å². The van der Waals surface area contributed by atoms with Crippen LogP contribution in [0.4, 0.5) is 5.69 Å². The molecule has 14 heavy (non-hydrogen) atoms. The molecule has 4 heteroatoms. The van der Waals surface area contributed by atoms with Crippen molar-refractivity contribution in [2.24, 2.45) is 11.7 Å². The van der Waals surface area contributed by atoms with Crippen molar-refractivity contribution in [3.05, 3.63) is 24.5 Å². The van der Waals surface area contributed by atoms with E-state index in [2.05, 4.69) is 4.98 Å². The second kappa shape index (κ2) is 4.72. The molecule has 1 unspecified atom stereocenters. The Hall–Kier alpha value is -1.42. The molecule has 0 radical (unpaired) electrons. The number of pyridine rings is 1. The Labute approximate surface area is 83.7 Å². The molecule has 0 aromatic carbocycles. The maximum Gasteiger partial charge on any atom is 0.230 e. The number of hydrogen-bond donors (Lipinski definition) is 1. The van der Waals surface area contributed by atoms with E-state index in [0.717, 1.165) is 5.69 Å². The SMILES string of the molecule is CC(CN)C(=O)N(C)c1ccncc1. The third kappa shape index (κ3) is 2.29. The van der Waals surface area contributed by atoms with Gasteiger partial charge in [-0.1, -0.05) is 6.92 Å². The summed E-state index contributed by atoms with van der Waals surface area (Å²) in [4.78, 5) is 17.2. The Balaban J connectivity index is 2.76. The van der Waals surface area contributed by atoms with Crippen LogP contribution in [0.1, 0.15) is 6.92 Å². The maximum atomic E-state index is 11.7. The number of aromatic nitrogens is 1. The van der Waals surface area contributed by atoms with Gasteiger partial charge in [-0.15, -0.1) is 0 Å². The van der Waals surface area contributed by atoms with E-state index in [1.807, 2.05) is 6.92 Å². The van der Waals surface area contributed by atoms with Crippen LogP contribution in [0, 0.1) is 5.92 Å². The van der Waals surface area contributed by atoms with Gasteiger partial charge >= 0.3 is 0 Å². The number of anilines is 1. The second-order valence-electron chi connectivity index (χ2n) is 3.24. The number of carbonyl (C=O) groups is 1. The molecule has 0 fully saturated rings. The highest BCUT2D eigenvalue weighted by Gasteiger charge is 2.16. The molecule has 0 spiro atoms. The van der Waals surface area contributed by atoms with Crippen molar-refractivity contribution in [3.8, 4) is 0 Å². The number of nitrogens with zero attached hydrogens (tertiary/aromatic N) is 2. The number of hydrogen-bond acceptors (Lipinski definition) is 3. The predicted molar refractivity (Wildman–Crippen MR) is 55.9 cm³/mol. The van der Waals surface area contributed by atoms with Gasteiger partial charge in [-0.3, -0.25) is 9.78 Å². The van der Waals surface area contributed by atoms with Gasteiger partial charge < -0.3 is 10.6 Å². The maximum absolute atomic E-state index is 11.7. The summed E-state index contributed by atoms with van der Waals surface area (Å²) in [5.41, 5.74) is 6.27.